The van der Waals surface area contributed by atoms with E-state index in [-0.39, 0.29) is 30.3 Å². The van der Waals surface area contributed by atoms with Gasteiger partial charge in [0.1, 0.15) is 12.4 Å². The second-order valence-corrected chi connectivity index (χ2v) is 11.2. The van der Waals surface area contributed by atoms with Crippen molar-refractivity contribution in [2.45, 2.75) is 43.1 Å². The maximum absolute atomic E-state index is 13.1. The van der Waals surface area contributed by atoms with Gasteiger partial charge in [-0.2, -0.15) is 0 Å². The van der Waals surface area contributed by atoms with Gasteiger partial charge in [-0.25, -0.2) is 9.59 Å². The SMILES string of the molecule is O=C1OC2(CCN(C(=O)OCC3c4ccccc4-c4ccccc43)CC2)C(O)=C1C(c1ccccc1)C1CC1. The lowest BCUT2D eigenvalue weighted by molar-refractivity contribution is -0.152. The Morgan fingerprint density at radius 1 is 0.923 bits per heavy atom. The highest BCUT2D eigenvalue weighted by Crippen LogP contribution is 2.52. The van der Waals surface area contributed by atoms with Gasteiger partial charge in [-0.3, -0.25) is 0 Å². The van der Waals surface area contributed by atoms with Crippen LogP contribution >= 0.6 is 0 Å². The molecule has 1 amide bonds. The second-order valence-electron chi connectivity index (χ2n) is 11.2. The average molecular weight is 522 g/mol. The number of hydrogen-bond acceptors (Lipinski definition) is 5. The Morgan fingerprint density at radius 2 is 1.51 bits per heavy atom. The van der Waals surface area contributed by atoms with Crippen LogP contribution in [0.4, 0.5) is 4.79 Å². The molecule has 2 heterocycles. The Bertz CT molecular complexity index is 1420. The minimum absolute atomic E-state index is 0.000139. The maximum atomic E-state index is 13.1. The van der Waals surface area contributed by atoms with E-state index < -0.39 is 11.6 Å². The number of nitrogens with zero attached hydrogens (tertiary/aromatic N) is 1. The van der Waals surface area contributed by atoms with Crippen LogP contribution in [0, 0.1) is 5.92 Å². The fraction of sp³-hybridized carbons (Fsp3) is 0.333. The molecule has 3 aromatic carbocycles. The zero-order chi connectivity index (χ0) is 26.6. The highest BCUT2D eigenvalue weighted by Gasteiger charge is 2.54. The number of aliphatic hydroxyl groups excluding tert-OH is 1. The molecule has 6 nitrogen and oxygen atoms in total. The summed E-state index contributed by atoms with van der Waals surface area (Å²) in [7, 11) is 0. The van der Waals surface area contributed by atoms with Crippen molar-refractivity contribution in [2.75, 3.05) is 19.7 Å². The number of carbonyl (C=O) groups is 2. The molecule has 2 fully saturated rings. The number of carbonyl (C=O) groups excluding carboxylic acids is 2. The van der Waals surface area contributed by atoms with Crippen LogP contribution in [0.5, 0.6) is 0 Å². The number of likely N-dealkylation sites (tertiary alicyclic amines) is 1. The second kappa shape index (κ2) is 9.30. The first kappa shape index (κ1) is 24.0. The minimum atomic E-state index is -1.06. The van der Waals surface area contributed by atoms with E-state index in [2.05, 4.69) is 24.3 Å². The third-order valence-corrected chi connectivity index (χ3v) is 8.92. The van der Waals surface area contributed by atoms with Crippen molar-refractivity contribution in [1.29, 1.82) is 0 Å². The molecule has 7 rings (SSSR count). The number of piperidine rings is 1. The Labute approximate surface area is 227 Å². The van der Waals surface area contributed by atoms with E-state index in [0.29, 0.717) is 37.4 Å². The maximum Gasteiger partial charge on any atom is 0.409 e. The van der Waals surface area contributed by atoms with Crippen LogP contribution in [0.15, 0.2) is 90.2 Å². The Balaban J connectivity index is 1.04. The third-order valence-electron chi connectivity index (χ3n) is 8.92. The minimum Gasteiger partial charge on any atom is -0.507 e. The predicted molar refractivity (Wildman–Crippen MR) is 146 cm³/mol. The summed E-state index contributed by atoms with van der Waals surface area (Å²) in [6, 6.07) is 26.4. The smallest absolute Gasteiger partial charge is 0.409 e. The fourth-order valence-corrected chi connectivity index (χ4v) is 6.74. The number of hydrogen-bond donors (Lipinski definition) is 1. The standard InChI is InChI=1S/C33H31NO5/c35-30-29(28(22-14-15-22)21-8-2-1-3-9-21)31(36)39-33(30)16-18-34(19-17-33)32(37)38-20-27-25-12-6-4-10-23(25)24-11-5-7-13-26(24)27/h1-13,22,27-28,35H,14-20H2. The van der Waals surface area contributed by atoms with Crippen LogP contribution in [0.25, 0.3) is 11.1 Å². The average Bonchev–Trinajstić information content (AvgIpc) is 3.72. The quantitative estimate of drug-likeness (QED) is 0.397. The predicted octanol–water partition coefficient (Wildman–Crippen LogP) is 6.33. The van der Waals surface area contributed by atoms with Crippen molar-refractivity contribution < 1.29 is 24.2 Å². The lowest BCUT2D eigenvalue weighted by atomic mass is 9.82. The number of aliphatic hydroxyl groups is 1. The molecule has 39 heavy (non-hydrogen) atoms. The van der Waals surface area contributed by atoms with Crippen LogP contribution < -0.4 is 0 Å². The number of rotatable bonds is 5. The van der Waals surface area contributed by atoms with Gasteiger partial charge in [0, 0.05) is 37.8 Å². The Hall–Kier alpha value is -4.06. The molecular formula is C33H31NO5. The number of amides is 1. The van der Waals surface area contributed by atoms with Gasteiger partial charge in [0.05, 0.1) is 5.57 Å². The van der Waals surface area contributed by atoms with Gasteiger partial charge in [0.15, 0.2) is 5.60 Å². The molecule has 1 atom stereocenters. The number of ether oxygens (including phenoxy) is 2. The molecule has 1 unspecified atom stereocenters. The lowest BCUT2D eigenvalue weighted by Gasteiger charge is -2.37. The first-order valence-corrected chi connectivity index (χ1v) is 13.9. The molecule has 0 radical (unpaired) electrons. The zero-order valence-corrected chi connectivity index (χ0v) is 21.7. The van der Waals surface area contributed by atoms with Gasteiger partial charge in [0.25, 0.3) is 0 Å². The molecule has 1 saturated carbocycles. The van der Waals surface area contributed by atoms with Crippen LogP contribution in [0.2, 0.25) is 0 Å². The molecule has 4 aliphatic rings. The normalized spacial score (nSPS) is 20.5. The van der Waals surface area contributed by atoms with Crippen molar-refractivity contribution >= 4 is 12.1 Å². The number of benzene rings is 3. The number of fused-ring (bicyclic) bond motifs is 3. The van der Waals surface area contributed by atoms with E-state index >= 15 is 0 Å². The summed E-state index contributed by atoms with van der Waals surface area (Å²) in [6.45, 7) is 0.959. The van der Waals surface area contributed by atoms with E-state index in [1.54, 1.807) is 4.90 Å². The van der Waals surface area contributed by atoms with Crippen LogP contribution in [-0.4, -0.2) is 47.4 Å². The lowest BCUT2D eigenvalue weighted by Crippen LogP contribution is -2.48. The van der Waals surface area contributed by atoms with E-state index in [0.717, 1.165) is 18.4 Å². The van der Waals surface area contributed by atoms with Crippen molar-refractivity contribution in [3.05, 3.63) is 107 Å². The summed E-state index contributed by atoms with van der Waals surface area (Å²) in [5, 5.41) is 11.4. The van der Waals surface area contributed by atoms with Gasteiger partial charge in [-0.15, -0.1) is 0 Å². The van der Waals surface area contributed by atoms with E-state index in [9.17, 15) is 14.7 Å². The summed E-state index contributed by atoms with van der Waals surface area (Å²) in [4.78, 5) is 27.9. The first-order chi connectivity index (χ1) is 19.1. The Kier molecular flexibility index (Phi) is 5.72. The summed E-state index contributed by atoms with van der Waals surface area (Å²) in [5.41, 5.74) is 5.10. The van der Waals surface area contributed by atoms with Crippen molar-refractivity contribution in [3.63, 3.8) is 0 Å². The molecule has 198 valence electrons. The molecule has 1 N–H and O–H groups in total. The molecule has 2 aliphatic carbocycles. The summed E-state index contributed by atoms with van der Waals surface area (Å²) >= 11 is 0. The fourth-order valence-electron chi connectivity index (χ4n) is 6.74. The van der Waals surface area contributed by atoms with E-state index in [1.807, 2.05) is 54.6 Å². The van der Waals surface area contributed by atoms with Gasteiger partial charge >= 0.3 is 12.1 Å². The summed E-state index contributed by atoms with van der Waals surface area (Å²) in [5.74, 6) is -0.185. The van der Waals surface area contributed by atoms with E-state index in [4.69, 9.17) is 9.47 Å². The van der Waals surface area contributed by atoms with Gasteiger partial charge in [0.2, 0.25) is 0 Å². The highest BCUT2D eigenvalue weighted by molar-refractivity contribution is 5.94. The third kappa shape index (κ3) is 4.01. The first-order valence-electron chi connectivity index (χ1n) is 13.9. The van der Waals surface area contributed by atoms with Crippen molar-refractivity contribution in [2.24, 2.45) is 5.92 Å². The molecule has 1 saturated heterocycles. The molecule has 6 heteroatoms. The number of esters is 1. The molecule has 3 aromatic rings. The molecule has 0 aromatic heterocycles. The van der Waals surface area contributed by atoms with Crippen LogP contribution in [0.1, 0.15) is 54.2 Å². The van der Waals surface area contributed by atoms with Gasteiger partial charge in [-0.05, 0) is 46.6 Å². The van der Waals surface area contributed by atoms with Crippen molar-refractivity contribution in [1.82, 2.24) is 4.90 Å². The zero-order valence-electron chi connectivity index (χ0n) is 21.7. The molecule has 1 spiro atoms. The van der Waals surface area contributed by atoms with E-state index in [1.165, 1.54) is 22.3 Å². The summed E-state index contributed by atoms with van der Waals surface area (Å²) < 4.78 is 11.7. The van der Waals surface area contributed by atoms with Gasteiger partial charge in [-0.1, -0.05) is 78.9 Å². The molecule has 0 bridgehead atoms. The molecule has 2 aliphatic heterocycles. The molecular weight excluding hydrogens is 490 g/mol. The monoisotopic (exact) mass is 521 g/mol. The van der Waals surface area contributed by atoms with Crippen LogP contribution in [0.3, 0.4) is 0 Å². The van der Waals surface area contributed by atoms with Crippen molar-refractivity contribution in [3.8, 4) is 11.1 Å². The van der Waals surface area contributed by atoms with Gasteiger partial charge < -0.3 is 19.5 Å². The Morgan fingerprint density at radius 3 is 2.13 bits per heavy atom. The van der Waals surface area contributed by atoms with Crippen LogP contribution in [-0.2, 0) is 14.3 Å². The summed E-state index contributed by atoms with van der Waals surface area (Å²) in [6.07, 6.45) is 2.40. The highest BCUT2D eigenvalue weighted by atomic mass is 16.6. The largest absolute Gasteiger partial charge is 0.507 e. The topological polar surface area (TPSA) is 76.1 Å².